The van der Waals surface area contributed by atoms with E-state index in [1.165, 1.54) is 0 Å². The average Bonchev–Trinajstić information content (AvgIpc) is 2.28. The van der Waals surface area contributed by atoms with Crippen molar-refractivity contribution in [1.82, 2.24) is 4.90 Å². The Bertz CT molecular complexity index is 400. The normalized spacial score (nSPS) is 17.6. The van der Waals surface area contributed by atoms with E-state index in [4.69, 9.17) is 22.8 Å². The van der Waals surface area contributed by atoms with Gasteiger partial charge < -0.3 is 14.7 Å². The number of hydrogen-bond donors (Lipinski definition) is 2. The predicted molar refractivity (Wildman–Crippen MR) is 65.4 cm³/mol. The minimum Gasteiger partial charge on any atom is -0.514 e. The molecule has 0 saturated carbocycles. The van der Waals surface area contributed by atoms with E-state index in [2.05, 4.69) is 0 Å². The third-order valence-corrected chi connectivity index (χ3v) is 2.29. The molecule has 19 heavy (non-hydrogen) atoms. The molecule has 1 fully saturated rings. The van der Waals surface area contributed by atoms with Crippen molar-refractivity contribution in [2.24, 2.45) is 0 Å². The smallest absolute Gasteiger partial charge is 0.435 e. The number of piperidine rings is 1. The highest BCUT2D eigenvalue weighted by Gasteiger charge is 2.18. The van der Waals surface area contributed by atoms with Crippen LogP contribution in [0.2, 0.25) is 0 Å². The molecule has 1 saturated heterocycles. The van der Waals surface area contributed by atoms with Crippen LogP contribution in [0.4, 0.5) is 3.89 Å². The first-order valence-corrected chi connectivity index (χ1v) is 7.02. The number of allylic oxidation sites excluding steroid dienone is 1. The molecule has 1 rings (SSSR count). The zero-order valence-electron chi connectivity index (χ0n) is 10.6. The van der Waals surface area contributed by atoms with E-state index in [1.54, 1.807) is 6.92 Å². The zero-order valence-corrected chi connectivity index (χ0v) is 11.4. The topological polar surface area (TPSA) is 104 Å². The summed E-state index contributed by atoms with van der Waals surface area (Å²) >= 11 is 0. The molecule has 0 aromatic rings. The van der Waals surface area contributed by atoms with E-state index in [9.17, 15) is 8.68 Å². The van der Waals surface area contributed by atoms with Crippen LogP contribution in [0.15, 0.2) is 12.0 Å². The number of nitrogens with zero attached hydrogens (tertiary/aromatic N) is 1. The monoisotopic (exact) mass is 299 g/mol. The van der Waals surface area contributed by atoms with Gasteiger partial charge in [-0.3, -0.25) is 9.35 Å². The lowest BCUT2D eigenvalue weighted by atomic mass is 10.1. The van der Waals surface area contributed by atoms with Crippen molar-refractivity contribution in [2.75, 3.05) is 19.7 Å². The standard InChI is InChI=1S/C10H17NO3.FHO3S/c1-2-14-10(13)7-11-6-4-3-5-9(11)8-12;1-5(2,3)4/h8,12H,2-7H2,1H3;(H,2,3,4). The minimum atomic E-state index is -5.17. The fourth-order valence-electron chi connectivity index (χ4n) is 1.60. The van der Waals surface area contributed by atoms with E-state index in [0.717, 1.165) is 37.8 Å². The first-order valence-electron chi connectivity index (χ1n) is 5.68. The van der Waals surface area contributed by atoms with Crippen LogP contribution in [-0.4, -0.2) is 48.6 Å². The number of hydrogen-bond acceptors (Lipinski definition) is 6. The van der Waals surface area contributed by atoms with Gasteiger partial charge in [0.05, 0.1) is 12.9 Å². The number of esters is 1. The summed E-state index contributed by atoms with van der Waals surface area (Å²) in [6, 6.07) is 0. The van der Waals surface area contributed by atoms with Crippen LogP contribution in [0.25, 0.3) is 0 Å². The van der Waals surface area contributed by atoms with Crippen molar-refractivity contribution in [3.63, 3.8) is 0 Å². The summed E-state index contributed by atoms with van der Waals surface area (Å²) in [7, 11) is -5.17. The van der Waals surface area contributed by atoms with Crippen LogP contribution in [0, 0.1) is 0 Å². The number of aliphatic hydroxyl groups excluding tert-OH is 1. The number of ether oxygens (including phenoxy) is 1. The molecular weight excluding hydrogens is 281 g/mol. The van der Waals surface area contributed by atoms with Gasteiger partial charge in [-0.15, -0.1) is 0 Å². The Kier molecular flexibility index (Phi) is 8.08. The summed E-state index contributed by atoms with van der Waals surface area (Å²) in [6.07, 6.45) is 4.08. The minimum absolute atomic E-state index is 0.228. The fraction of sp³-hybridized carbons (Fsp3) is 0.700. The van der Waals surface area contributed by atoms with Crippen molar-refractivity contribution >= 4 is 16.5 Å². The number of aliphatic hydroxyl groups is 1. The van der Waals surface area contributed by atoms with Gasteiger partial charge in [0.2, 0.25) is 0 Å². The molecule has 1 aliphatic heterocycles. The van der Waals surface area contributed by atoms with Crippen LogP contribution in [0.3, 0.4) is 0 Å². The largest absolute Gasteiger partial charge is 0.514 e. The van der Waals surface area contributed by atoms with E-state index in [-0.39, 0.29) is 12.5 Å². The van der Waals surface area contributed by atoms with Gasteiger partial charge in [-0.2, -0.15) is 8.42 Å². The molecule has 0 unspecified atom stereocenters. The maximum atomic E-state index is 11.2. The number of rotatable bonds is 3. The van der Waals surface area contributed by atoms with Crippen LogP contribution >= 0.6 is 0 Å². The Morgan fingerprint density at radius 1 is 1.53 bits per heavy atom. The second-order valence-corrected chi connectivity index (χ2v) is 4.54. The molecule has 0 bridgehead atoms. The summed E-state index contributed by atoms with van der Waals surface area (Å²) in [6.45, 7) is 3.27. The Balaban J connectivity index is 0.000000555. The van der Waals surface area contributed by atoms with Gasteiger partial charge in [0.1, 0.15) is 6.54 Å². The quantitative estimate of drug-likeness (QED) is 0.349. The molecule has 0 atom stereocenters. The van der Waals surface area contributed by atoms with Crippen LogP contribution in [0.1, 0.15) is 26.2 Å². The Morgan fingerprint density at radius 2 is 2.11 bits per heavy atom. The second-order valence-electron chi connectivity index (χ2n) is 3.72. The maximum absolute atomic E-state index is 11.2. The Hall–Kier alpha value is -1.35. The van der Waals surface area contributed by atoms with Gasteiger partial charge in [0, 0.05) is 12.2 Å². The molecule has 0 radical (unpaired) electrons. The summed E-state index contributed by atoms with van der Waals surface area (Å²) < 4.78 is 38.9. The van der Waals surface area contributed by atoms with E-state index in [0.29, 0.717) is 6.61 Å². The van der Waals surface area contributed by atoms with Gasteiger partial charge in [-0.05, 0) is 26.2 Å². The number of carbonyl (C=O) groups is 1. The molecule has 112 valence electrons. The van der Waals surface area contributed by atoms with Crippen LogP contribution < -0.4 is 0 Å². The summed E-state index contributed by atoms with van der Waals surface area (Å²) in [4.78, 5) is 13.1. The average molecular weight is 299 g/mol. The number of halogens is 1. The molecule has 0 spiro atoms. The van der Waals surface area contributed by atoms with Crippen molar-refractivity contribution in [1.29, 1.82) is 0 Å². The van der Waals surface area contributed by atoms with Crippen LogP contribution in [0.5, 0.6) is 0 Å². The maximum Gasteiger partial charge on any atom is 0.435 e. The SMILES string of the molecule is CCOC(=O)CN1CCCCC1=CO.O=S(=O)(O)F. The van der Waals surface area contributed by atoms with E-state index < -0.39 is 10.5 Å². The lowest BCUT2D eigenvalue weighted by Crippen LogP contribution is -2.33. The molecule has 1 aliphatic rings. The first-order chi connectivity index (χ1) is 8.77. The third kappa shape index (κ3) is 10.3. The van der Waals surface area contributed by atoms with Crippen LogP contribution in [-0.2, 0) is 20.0 Å². The van der Waals surface area contributed by atoms with E-state index >= 15 is 0 Å². The number of likely N-dealkylation sites (tertiary alicyclic amines) is 1. The first kappa shape index (κ1) is 17.6. The summed E-state index contributed by atoms with van der Waals surface area (Å²) in [5, 5.41) is 8.95. The molecule has 0 aromatic carbocycles. The lowest BCUT2D eigenvalue weighted by molar-refractivity contribution is -0.144. The summed E-state index contributed by atoms with van der Waals surface area (Å²) in [5.41, 5.74) is 0.837. The van der Waals surface area contributed by atoms with Gasteiger partial charge >= 0.3 is 16.5 Å². The molecule has 1 heterocycles. The number of carbonyl (C=O) groups excluding carboxylic acids is 1. The van der Waals surface area contributed by atoms with Gasteiger partial charge in [0.15, 0.2) is 0 Å². The van der Waals surface area contributed by atoms with Crippen molar-refractivity contribution in [3.8, 4) is 0 Å². The third-order valence-electron chi connectivity index (χ3n) is 2.29. The molecule has 0 aliphatic carbocycles. The molecule has 9 heteroatoms. The van der Waals surface area contributed by atoms with Crippen molar-refractivity contribution < 1.29 is 31.5 Å². The molecule has 7 nitrogen and oxygen atoms in total. The highest BCUT2D eigenvalue weighted by molar-refractivity contribution is 7.80. The second kappa shape index (κ2) is 8.70. The lowest BCUT2D eigenvalue weighted by Gasteiger charge is -2.29. The van der Waals surface area contributed by atoms with Crippen molar-refractivity contribution in [2.45, 2.75) is 26.2 Å². The fourth-order valence-corrected chi connectivity index (χ4v) is 1.60. The van der Waals surface area contributed by atoms with Gasteiger partial charge in [-0.25, -0.2) is 0 Å². The molecular formula is C10H18FNO6S. The molecule has 0 aromatic heterocycles. The van der Waals surface area contributed by atoms with E-state index in [1.807, 2.05) is 4.90 Å². The van der Waals surface area contributed by atoms with Gasteiger partial charge in [-0.1, -0.05) is 3.89 Å². The Morgan fingerprint density at radius 3 is 2.58 bits per heavy atom. The highest BCUT2D eigenvalue weighted by atomic mass is 32.3. The molecule has 2 N–H and O–H groups in total. The molecule has 0 amide bonds. The van der Waals surface area contributed by atoms with Crippen molar-refractivity contribution in [3.05, 3.63) is 12.0 Å². The van der Waals surface area contributed by atoms with Gasteiger partial charge in [0.25, 0.3) is 0 Å². The highest BCUT2D eigenvalue weighted by Crippen LogP contribution is 2.19. The predicted octanol–water partition coefficient (Wildman–Crippen LogP) is 1.19. The Labute approximate surface area is 111 Å². The summed E-state index contributed by atoms with van der Waals surface area (Å²) in [5.74, 6) is -0.228. The zero-order chi connectivity index (χ0) is 14.9.